The fourth-order valence-electron chi connectivity index (χ4n) is 3.46. The normalized spacial score (nSPS) is 15.1. The maximum absolute atomic E-state index is 13.8. The van der Waals surface area contributed by atoms with Gasteiger partial charge in [-0.25, -0.2) is 13.8 Å². The first-order chi connectivity index (χ1) is 14.0. The first-order valence-electron chi connectivity index (χ1n) is 9.98. The maximum Gasteiger partial charge on any atom is 0.191 e. The van der Waals surface area contributed by atoms with Crippen LogP contribution in [0.4, 0.5) is 8.78 Å². The summed E-state index contributed by atoms with van der Waals surface area (Å²) in [5.74, 6) is -0.524. The molecule has 3 rings (SSSR count). The van der Waals surface area contributed by atoms with Gasteiger partial charge in [0.15, 0.2) is 5.96 Å². The zero-order valence-corrected chi connectivity index (χ0v) is 19.4. The molecule has 0 saturated carbocycles. The van der Waals surface area contributed by atoms with Gasteiger partial charge in [0, 0.05) is 38.3 Å². The number of fused-ring (bicyclic) bond motifs is 1. The van der Waals surface area contributed by atoms with Crippen molar-refractivity contribution in [2.45, 2.75) is 32.5 Å². The molecule has 2 aromatic rings. The lowest BCUT2D eigenvalue weighted by Crippen LogP contribution is -2.45. The topological polar surface area (TPSA) is 59.9 Å². The molecule has 0 amide bonds. The summed E-state index contributed by atoms with van der Waals surface area (Å²) in [4.78, 5) is 6.53. The lowest BCUT2D eigenvalue weighted by molar-refractivity contribution is 0.108. The van der Waals surface area contributed by atoms with Crippen molar-refractivity contribution in [3.63, 3.8) is 0 Å². The Bertz CT molecular complexity index is 850. The zero-order valence-electron chi connectivity index (χ0n) is 17.1. The molecule has 164 valence electrons. The number of aliphatic imine (C=N–C) groups is 1. The number of nitrogens with one attached hydrogen (secondary N) is 2. The van der Waals surface area contributed by atoms with Crippen LogP contribution in [0, 0.1) is 11.6 Å². The summed E-state index contributed by atoms with van der Waals surface area (Å²) in [6, 6.07) is 11.7. The van der Waals surface area contributed by atoms with Gasteiger partial charge in [-0.2, -0.15) is 0 Å². The average molecular weight is 530 g/mol. The van der Waals surface area contributed by atoms with Crippen LogP contribution < -0.4 is 10.6 Å². The number of aliphatic hydroxyl groups excluding tert-OH is 1. The Hall–Kier alpha value is -1.78. The van der Waals surface area contributed by atoms with E-state index in [-0.39, 0.29) is 36.1 Å². The molecule has 0 aromatic heterocycles. The minimum absolute atomic E-state index is 0. The third kappa shape index (κ3) is 7.17. The van der Waals surface area contributed by atoms with E-state index in [1.165, 1.54) is 11.1 Å². The SMILES string of the molecule is CCNC(=NCc1cc(F)ccc1F)NCC(O)CN1CCc2ccccc2C1.I. The van der Waals surface area contributed by atoms with E-state index >= 15 is 0 Å². The lowest BCUT2D eigenvalue weighted by Gasteiger charge is -2.30. The predicted octanol–water partition coefficient (Wildman–Crippen LogP) is 3.06. The Balaban J connectivity index is 0.00000320. The van der Waals surface area contributed by atoms with E-state index in [1.54, 1.807) is 0 Å². The minimum atomic E-state index is -0.574. The molecule has 3 N–H and O–H groups in total. The highest BCUT2D eigenvalue weighted by Gasteiger charge is 2.18. The van der Waals surface area contributed by atoms with Gasteiger partial charge in [-0.15, -0.1) is 24.0 Å². The summed E-state index contributed by atoms with van der Waals surface area (Å²) >= 11 is 0. The van der Waals surface area contributed by atoms with Crippen LogP contribution in [0.1, 0.15) is 23.6 Å². The Morgan fingerprint density at radius 3 is 2.70 bits per heavy atom. The summed E-state index contributed by atoms with van der Waals surface area (Å²) in [6.07, 6.45) is 0.412. The second-order valence-electron chi connectivity index (χ2n) is 7.22. The van der Waals surface area contributed by atoms with Crippen molar-refractivity contribution in [3.8, 4) is 0 Å². The first kappa shape index (κ1) is 24.5. The smallest absolute Gasteiger partial charge is 0.191 e. The number of hydrogen-bond donors (Lipinski definition) is 3. The van der Waals surface area contributed by atoms with Crippen molar-refractivity contribution < 1.29 is 13.9 Å². The third-order valence-corrected chi connectivity index (χ3v) is 4.94. The molecular weight excluding hydrogens is 501 g/mol. The highest BCUT2D eigenvalue weighted by molar-refractivity contribution is 14.0. The molecule has 0 radical (unpaired) electrons. The molecule has 1 unspecified atom stereocenters. The number of guanidine groups is 1. The molecule has 0 fully saturated rings. The molecule has 0 spiro atoms. The van der Waals surface area contributed by atoms with E-state index in [1.807, 2.05) is 13.0 Å². The summed E-state index contributed by atoms with van der Waals surface area (Å²) < 4.78 is 27.1. The molecule has 1 aliphatic rings. The zero-order chi connectivity index (χ0) is 20.6. The Morgan fingerprint density at radius 1 is 1.17 bits per heavy atom. The van der Waals surface area contributed by atoms with Crippen molar-refractivity contribution >= 4 is 29.9 Å². The molecule has 1 atom stereocenters. The second-order valence-corrected chi connectivity index (χ2v) is 7.22. The van der Waals surface area contributed by atoms with Gasteiger partial charge in [-0.05, 0) is 42.7 Å². The van der Waals surface area contributed by atoms with Gasteiger partial charge in [0.1, 0.15) is 11.6 Å². The van der Waals surface area contributed by atoms with E-state index in [4.69, 9.17) is 0 Å². The van der Waals surface area contributed by atoms with Gasteiger partial charge in [-0.3, -0.25) is 4.90 Å². The van der Waals surface area contributed by atoms with Crippen molar-refractivity contribution in [1.82, 2.24) is 15.5 Å². The van der Waals surface area contributed by atoms with Crippen LogP contribution in [0.15, 0.2) is 47.5 Å². The number of β-amino-alcohol motifs (C(OH)–C–C–N with tert-alkyl or cyclic N) is 1. The maximum atomic E-state index is 13.8. The third-order valence-electron chi connectivity index (χ3n) is 4.94. The summed E-state index contributed by atoms with van der Waals surface area (Å²) in [5.41, 5.74) is 2.88. The van der Waals surface area contributed by atoms with Gasteiger partial charge in [-0.1, -0.05) is 24.3 Å². The van der Waals surface area contributed by atoms with E-state index in [0.717, 1.165) is 37.7 Å². The standard InChI is InChI=1S/C22H28F2N4O.HI/c1-2-25-22(26-12-18-11-19(23)7-8-21(18)24)27-13-20(29)15-28-10-9-16-5-3-4-6-17(16)14-28;/h3-8,11,20,29H,2,9-10,12-15H2,1H3,(H2,25,26,27);1H. The number of benzene rings is 2. The van der Waals surface area contributed by atoms with Crippen LogP contribution in [-0.4, -0.2) is 48.2 Å². The van der Waals surface area contributed by atoms with Crippen LogP contribution in [-0.2, 0) is 19.5 Å². The van der Waals surface area contributed by atoms with Crippen molar-refractivity contribution in [3.05, 3.63) is 70.8 Å². The van der Waals surface area contributed by atoms with Crippen LogP contribution in [0.25, 0.3) is 0 Å². The van der Waals surface area contributed by atoms with Gasteiger partial charge >= 0.3 is 0 Å². The van der Waals surface area contributed by atoms with Gasteiger partial charge < -0.3 is 15.7 Å². The Morgan fingerprint density at radius 2 is 1.93 bits per heavy atom. The second kappa shape index (κ2) is 12.2. The molecule has 8 heteroatoms. The number of hydrogen-bond acceptors (Lipinski definition) is 3. The highest BCUT2D eigenvalue weighted by atomic mass is 127. The Kier molecular flexibility index (Phi) is 9.93. The highest BCUT2D eigenvalue weighted by Crippen LogP contribution is 2.18. The molecular formula is C22H29F2IN4O. The molecule has 5 nitrogen and oxygen atoms in total. The van der Waals surface area contributed by atoms with Gasteiger partial charge in [0.2, 0.25) is 0 Å². The molecule has 2 aromatic carbocycles. The summed E-state index contributed by atoms with van der Waals surface area (Å²) in [7, 11) is 0. The number of halogens is 3. The van der Waals surface area contributed by atoms with Crippen LogP contribution in [0.2, 0.25) is 0 Å². The average Bonchev–Trinajstić information content (AvgIpc) is 2.72. The molecule has 30 heavy (non-hydrogen) atoms. The summed E-state index contributed by atoms with van der Waals surface area (Å²) in [6.45, 7) is 5.17. The van der Waals surface area contributed by atoms with Crippen molar-refractivity contribution in [2.24, 2.45) is 4.99 Å². The summed E-state index contributed by atoms with van der Waals surface area (Å²) in [5, 5.41) is 16.6. The largest absolute Gasteiger partial charge is 0.390 e. The quantitative estimate of drug-likeness (QED) is 0.293. The molecule has 0 aliphatic carbocycles. The number of aliphatic hydroxyl groups is 1. The number of nitrogens with zero attached hydrogens (tertiary/aromatic N) is 2. The van der Waals surface area contributed by atoms with E-state index in [2.05, 4.69) is 38.7 Å². The van der Waals surface area contributed by atoms with Crippen molar-refractivity contribution in [1.29, 1.82) is 0 Å². The monoisotopic (exact) mass is 530 g/mol. The Labute approximate surface area is 193 Å². The molecule has 0 saturated heterocycles. The fourth-order valence-corrected chi connectivity index (χ4v) is 3.46. The van der Waals surface area contributed by atoms with Crippen LogP contribution >= 0.6 is 24.0 Å². The van der Waals surface area contributed by atoms with Crippen molar-refractivity contribution in [2.75, 3.05) is 26.2 Å². The van der Waals surface area contributed by atoms with Crippen LogP contribution in [0.5, 0.6) is 0 Å². The predicted molar refractivity (Wildman–Crippen MR) is 126 cm³/mol. The van der Waals surface area contributed by atoms with Gasteiger partial charge in [0.05, 0.1) is 12.6 Å². The first-order valence-corrected chi connectivity index (χ1v) is 9.98. The van der Waals surface area contributed by atoms with E-state index in [0.29, 0.717) is 25.6 Å². The van der Waals surface area contributed by atoms with E-state index in [9.17, 15) is 13.9 Å². The number of rotatable bonds is 7. The molecule has 1 aliphatic heterocycles. The minimum Gasteiger partial charge on any atom is -0.390 e. The van der Waals surface area contributed by atoms with Gasteiger partial charge in [0.25, 0.3) is 0 Å². The van der Waals surface area contributed by atoms with E-state index < -0.39 is 17.7 Å². The molecule has 1 heterocycles. The fraction of sp³-hybridized carbons (Fsp3) is 0.409. The lowest BCUT2D eigenvalue weighted by atomic mass is 10.00. The van der Waals surface area contributed by atoms with Crippen LogP contribution in [0.3, 0.4) is 0 Å². The molecule has 0 bridgehead atoms.